The maximum absolute atomic E-state index is 12.1. The molecule has 0 bridgehead atoms. The van der Waals surface area contributed by atoms with E-state index in [1.54, 1.807) is 23.3 Å². The summed E-state index contributed by atoms with van der Waals surface area (Å²) in [5, 5.41) is 14.9. The molecule has 0 spiro atoms. The Bertz CT molecular complexity index is 928. The zero-order valence-corrected chi connectivity index (χ0v) is 14.9. The lowest BCUT2D eigenvalue weighted by molar-refractivity contribution is -0.130. The molecule has 3 heterocycles. The first-order valence-electron chi connectivity index (χ1n) is 8.15. The van der Waals surface area contributed by atoms with Gasteiger partial charge in [-0.1, -0.05) is 18.2 Å². The number of para-hydroxylation sites is 1. The zero-order valence-electron chi connectivity index (χ0n) is 14.1. The van der Waals surface area contributed by atoms with Crippen molar-refractivity contribution in [3.63, 3.8) is 0 Å². The number of thiophene rings is 1. The molecule has 25 heavy (non-hydrogen) atoms. The molecule has 1 aromatic carbocycles. The number of hydrogen-bond donors (Lipinski definition) is 0. The summed E-state index contributed by atoms with van der Waals surface area (Å²) in [5.74, 6) is -0.0536. The number of nitrogens with zero attached hydrogens (tertiary/aromatic N) is 4. The van der Waals surface area contributed by atoms with E-state index in [0.717, 1.165) is 28.2 Å². The van der Waals surface area contributed by atoms with Crippen LogP contribution in [0.2, 0.25) is 0 Å². The predicted octanol–water partition coefficient (Wildman–Crippen LogP) is 3.94. The van der Waals surface area contributed by atoms with Gasteiger partial charge in [0.2, 0.25) is 5.91 Å². The van der Waals surface area contributed by atoms with Crippen molar-refractivity contribution >= 4 is 23.0 Å². The molecule has 1 amide bonds. The van der Waals surface area contributed by atoms with Crippen molar-refractivity contribution in [3.8, 4) is 5.69 Å². The van der Waals surface area contributed by atoms with Gasteiger partial charge in [0.15, 0.2) is 0 Å². The fourth-order valence-electron chi connectivity index (χ4n) is 3.16. The van der Waals surface area contributed by atoms with E-state index in [1.807, 2.05) is 59.6 Å². The van der Waals surface area contributed by atoms with Crippen LogP contribution in [0.25, 0.3) is 5.69 Å². The molecule has 0 saturated carbocycles. The number of hydrazone groups is 1. The largest absolute Gasteiger partial charge is 0.273 e. The van der Waals surface area contributed by atoms with Crippen LogP contribution in [-0.2, 0) is 4.79 Å². The second-order valence-electron chi connectivity index (χ2n) is 6.09. The van der Waals surface area contributed by atoms with Gasteiger partial charge < -0.3 is 0 Å². The Morgan fingerprint density at radius 3 is 2.72 bits per heavy atom. The SMILES string of the molecule is CC(=O)N1N=C(c2ccsc2)C[C@H]1c1cn(-c2ccccc2)nc1C. The summed E-state index contributed by atoms with van der Waals surface area (Å²) in [7, 11) is 0. The van der Waals surface area contributed by atoms with Gasteiger partial charge in [0.25, 0.3) is 0 Å². The molecule has 6 heteroatoms. The molecule has 0 unspecified atom stereocenters. The van der Waals surface area contributed by atoms with Gasteiger partial charge in [0, 0.05) is 30.7 Å². The summed E-state index contributed by atoms with van der Waals surface area (Å²) in [6.45, 7) is 3.54. The molecule has 0 N–H and O–H groups in total. The van der Waals surface area contributed by atoms with Crippen molar-refractivity contribution in [1.82, 2.24) is 14.8 Å². The summed E-state index contributed by atoms with van der Waals surface area (Å²) >= 11 is 1.64. The van der Waals surface area contributed by atoms with Crippen molar-refractivity contribution in [3.05, 3.63) is 70.2 Å². The highest BCUT2D eigenvalue weighted by molar-refractivity contribution is 7.08. The van der Waals surface area contributed by atoms with Gasteiger partial charge in [-0.3, -0.25) is 4.79 Å². The molecule has 3 aromatic rings. The summed E-state index contributed by atoms with van der Waals surface area (Å²) in [5.41, 5.74) is 5.00. The number of amides is 1. The number of aryl methyl sites for hydroxylation is 1. The minimum atomic E-state index is -0.107. The van der Waals surface area contributed by atoms with Crippen molar-refractivity contribution < 1.29 is 4.79 Å². The van der Waals surface area contributed by atoms with Crippen LogP contribution < -0.4 is 0 Å². The third-order valence-corrected chi connectivity index (χ3v) is 5.09. The van der Waals surface area contributed by atoms with E-state index >= 15 is 0 Å². The molecule has 5 nitrogen and oxygen atoms in total. The third-order valence-electron chi connectivity index (χ3n) is 4.40. The Morgan fingerprint density at radius 1 is 1.24 bits per heavy atom. The molecule has 4 rings (SSSR count). The average molecular weight is 350 g/mol. The maximum Gasteiger partial charge on any atom is 0.240 e. The molecule has 126 valence electrons. The molecule has 1 aliphatic heterocycles. The minimum Gasteiger partial charge on any atom is -0.273 e. The number of rotatable bonds is 3. The normalized spacial score (nSPS) is 17.0. The monoisotopic (exact) mass is 350 g/mol. The summed E-state index contributed by atoms with van der Waals surface area (Å²) < 4.78 is 1.87. The first-order chi connectivity index (χ1) is 12.1. The lowest BCUT2D eigenvalue weighted by atomic mass is 10.0. The standard InChI is InChI=1S/C19H18N4OS/c1-13-17(11-22(20-13)16-6-4-3-5-7-16)19-10-18(15-8-9-25-12-15)21-23(19)14(2)24/h3-9,11-12,19H,10H2,1-2H3/t19-/m0/s1. The Kier molecular flexibility index (Phi) is 3.97. The molecular formula is C19H18N4OS. The fraction of sp³-hybridized carbons (Fsp3) is 0.211. The molecule has 1 atom stereocenters. The highest BCUT2D eigenvalue weighted by Gasteiger charge is 2.33. The Labute approximate surface area is 150 Å². The van der Waals surface area contributed by atoms with Crippen LogP contribution in [0.4, 0.5) is 0 Å². The van der Waals surface area contributed by atoms with E-state index in [0.29, 0.717) is 6.42 Å². The molecule has 0 radical (unpaired) electrons. The van der Waals surface area contributed by atoms with Crippen LogP contribution in [0.5, 0.6) is 0 Å². The van der Waals surface area contributed by atoms with Gasteiger partial charge in [-0.2, -0.15) is 21.5 Å². The second kappa shape index (κ2) is 6.29. The fourth-order valence-corrected chi connectivity index (χ4v) is 3.82. The number of hydrogen-bond acceptors (Lipinski definition) is 4. The van der Waals surface area contributed by atoms with Gasteiger partial charge in [0.05, 0.1) is 23.1 Å². The van der Waals surface area contributed by atoms with Gasteiger partial charge >= 0.3 is 0 Å². The smallest absolute Gasteiger partial charge is 0.240 e. The molecule has 1 aliphatic rings. The topological polar surface area (TPSA) is 50.5 Å². The number of carbonyl (C=O) groups excluding carboxylic acids is 1. The lowest BCUT2D eigenvalue weighted by Crippen LogP contribution is -2.24. The Morgan fingerprint density at radius 2 is 2.04 bits per heavy atom. The summed E-state index contributed by atoms with van der Waals surface area (Å²) in [6.07, 6.45) is 2.72. The quantitative estimate of drug-likeness (QED) is 0.718. The first-order valence-corrected chi connectivity index (χ1v) is 9.09. The minimum absolute atomic E-state index is 0.0536. The van der Waals surface area contributed by atoms with Crippen LogP contribution in [0.15, 0.2) is 58.5 Å². The van der Waals surface area contributed by atoms with Crippen molar-refractivity contribution in [2.45, 2.75) is 26.3 Å². The van der Waals surface area contributed by atoms with E-state index in [1.165, 1.54) is 0 Å². The summed E-state index contributed by atoms with van der Waals surface area (Å²) in [6, 6.07) is 11.9. The molecule has 0 aliphatic carbocycles. The molecule has 0 saturated heterocycles. The average Bonchev–Trinajstić information content (AvgIpc) is 3.34. The Balaban J connectivity index is 1.70. The molecule has 2 aromatic heterocycles. The highest BCUT2D eigenvalue weighted by Crippen LogP contribution is 2.34. The van der Waals surface area contributed by atoms with Gasteiger partial charge in [-0.15, -0.1) is 0 Å². The van der Waals surface area contributed by atoms with E-state index in [9.17, 15) is 4.79 Å². The van der Waals surface area contributed by atoms with Crippen molar-refractivity contribution in [2.24, 2.45) is 5.10 Å². The van der Waals surface area contributed by atoms with Crippen LogP contribution in [0, 0.1) is 6.92 Å². The van der Waals surface area contributed by atoms with Gasteiger partial charge in [-0.25, -0.2) is 9.69 Å². The van der Waals surface area contributed by atoms with Crippen LogP contribution >= 0.6 is 11.3 Å². The van der Waals surface area contributed by atoms with Gasteiger partial charge in [-0.05, 0) is 35.9 Å². The number of carbonyl (C=O) groups is 1. The van der Waals surface area contributed by atoms with E-state index < -0.39 is 0 Å². The Hall–Kier alpha value is -2.73. The molecular weight excluding hydrogens is 332 g/mol. The van der Waals surface area contributed by atoms with E-state index in [4.69, 9.17) is 0 Å². The van der Waals surface area contributed by atoms with Crippen LogP contribution in [0.1, 0.15) is 36.2 Å². The van der Waals surface area contributed by atoms with Crippen LogP contribution in [0.3, 0.4) is 0 Å². The van der Waals surface area contributed by atoms with Crippen molar-refractivity contribution in [1.29, 1.82) is 0 Å². The zero-order chi connectivity index (χ0) is 17.4. The summed E-state index contributed by atoms with van der Waals surface area (Å²) in [4.78, 5) is 12.1. The number of benzene rings is 1. The first kappa shape index (κ1) is 15.8. The van der Waals surface area contributed by atoms with Crippen molar-refractivity contribution in [2.75, 3.05) is 0 Å². The highest BCUT2D eigenvalue weighted by atomic mass is 32.1. The predicted molar refractivity (Wildman–Crippen MR) is 99.0 cm³/mol. The van der Waals surface area contributed by atoms with Gasteiger partial charge in [0.1, 0.15) is 0 Å². The lowest BCUT2D eigenvalue weighted by Gasteiger charge is -2.19. The number of aromatic nitrogens is 2. The van der Waals surface area contributed by atoms with E-state index in [-0.39, 0.29) is 11.9 Å². The van der Waals surface area contributed by atoms with E-state index in [2.05, 4.69) is 15.6 Å². The second-order valence-corrected chi connectivity index (χ2v) is 6.87. The molecule has 0 fully saturated rings. The third kappa shape index (κ3) is 2.89. The maximum atomic E-state index is 12.1. The van der Waals surface area contributed by atoms with Crippen LogP contribution in [-0.4, -0.2) is 26.4 Å².